The number of hydrogen-bond donors (Lipinski definition) is 1. The van der Waals surface area contributed by atoms with Crippen LogP contribution in [-0.4, -0.2) is 34.4 Å². The maximum absolute atomic E-state index is 5.75. The van der Waals surface area contributed by atoms with E-state index >= 15 is 0 Å². The van der Waals surface area contributed by atoms with Crippen molar-refractivity contribution in [3.63, 3.8) is 0 Å². The molecule has 2 aliphatic rings. The normalized spacial score (nSPS) is 37.2. The van der Waals surface area contributed by atoms with Crippen molar-refractivity contribution in [1.82, 2.24) is 10.2 Å². The molecule has 0 spiro atoms. The Labute approximate surface area is 84.4 Å². The molecule has 4 heteroatoms. The van der Waals surface area contributed by atoms with Gasteiger partial charge in [-0.05, 0) is 33.0 Å². The summed E-state index contributed by atoms with van der Waals surface area (Å²) >= 11 is 5.30. The van der Waals surface area contributed by atoms with E-state index in [4.69, 9.17) is 17.0 Å². The smallest absolute Gasteiger partial charge is 0.171 e. The third kappa shape index (κ3) is 1.42. The predicted molar refractivity (Wildman–Crippen MR) is 55.5 cm³/mol. The van der Waals surface area contributed by atoms with Gasteiger partial charge < -0.3 is 15.0 Å². The van der Waals surface area contributed by atoms with Crippen LogP contribution in [0, 0.1) is 0 Å². The van der Waals surface area contributed by atoms with Crippen molar-refractivity contribution >= 4 is 17.3 Å². The molecule has 13 heavy (non-hydrogen) atoms. The quantitative estimate of drug-likeness (QED) is 0.592. The van der Waals surface area contributed by atoms with Crippen LogP contribution in [0.15, 0.2) is 0 Å². The Morgan fingerprint density at radius 1 is 1.46 bits per heavy atom. The Balaban J connectivity index is 2.27. The molecule has 0 aromatic heterocycles. The van der Waals surface area contributed by atoms with E-state index in [-0.39, 0.29) is 11.3 Å². The average molecular weight is 200 g/mol. The zero-order valence-corrected chi connectivity index (χ0v) is 9.20. The van der Waals surface area contributed by atoms with Crippen LogP contribution in [0.3, 0.4) is 0 Å². The van der Waals surface area contributed by atoms with Gasteiger partial charge in [0.15, 0.2) is 5.11 Å². The van der Waals surface area contributed by atoms with E-state index in [2.05, 4.69) is 31.0 Å². The van der Waals surface area contributed by atoms with Crippen LogP contribution < -0.4 is 5.32 Å². The molecule has 1 N–H and O–H groups in total. The predicted octanol–water partition coefficient (Wildman–Crippen LogP) is 1.09. The molecule has 3 nitrogen and oxygen atoms in total. The topological polar surface area (TPSA) is 24.5 Å². The Kier molecular flexibility index (Phi) is 1.83. The van der Waals surface area contributed by atoms with Crippen LogP contribution in [-0.2, 0) is 4.74 Å². The van der Waals surface area contributed by atoms with Crippen molar-refractivity contribution in [2.45, 2.75) is 38.5 Å². The minimum absolute atomic E-state index is 0.0483. The van der Waals surface area contributed by atoms with Crippen molar-refractivity contribution in [2.24, 2.45) is 0 Å². The fourth-order valence-corrected chi connectivity index (χ4v) is 2.92. The molecule has 0 radical (unpaired) electrons. The summed E-state index contributed by atoms with van der Waals surface area (Å²) in [4.78, 5) is 2.15. The molecule has 2 fully saturated rings. The van der Waals surface area contributed by atoms with Crippen molar-refractivity contribution in [1.29, 1.82) is 0 Å². The summed E-state index contributed by atoms with van der Waals surface area (Å²) in [6.45, 7) is 8.13. The van der Waals surface area contributed by atoms with Crippen molar-refractivity contribution in [3.8, 4) is 0 Å². The number of hydrogen-bond acceptors (Lipinski definition) is 2. The van der Waals surface area contributed by atoms with Crippen LogP contribution in [0.5, 0.6) is 0 Å². The first-order valence-corrected chi connectivity index (χ1v) is 5.08. The maximum Gasteiger partial charge on any atom is 0.171 e. The maximum atomic E-state index is 5.75. The van der Waals surface area contributed by atoms with Crippen LogP contribution in [0.2, 0.25) is 0 Å². The van der Waals surface area contributed by atoms with E-state index in [9.17, 15) is 0 Å². The second-order valence-corrected chi connectivity index (χ2v) is 5.05. The van der Waals surface area contributed by atoms with Gasteiger partial charge in [0.05, 0.1) is 6.61 Å². The molecule has 0 bridgehead atoms. The third-order valence-corrected chi connectivity index (χ3v) is 3.08. The Morgan fingerprint density at radius 2 is 2.15 bits per heavy atom. The summed E-state index contributed by atoms with van der Waals surface area (Å²) in [5.41, 5.74) is -0.126. The lowest BCUT2D eigenvalue weighted by molar-refractivity contribution is -0.0708. The van der Waals surface area contributed by atoms with Gasteiger partial charge in [0, 0.05) is 18.5 Å². The number of ether oxygens (including phenoxy) is 1. The van der Waals surface area contributed by atoms with Gasteiger partial charge in [-0.25, -0.2) is 0 Å². The Hall–Kier alpha value is -0.350. The number of nitrogens with one attached hydrogen (secondary N) is 1. The number of nitrogens with zero attached hydrogens (tertiary/aromatic N) is 1. The lowest BCUT2D eigenvalue weighted by atomic mass is 9.91. The first-order chi connectivity index (χ1) is 5.93. The highest BCUT2D eigenvalue weighted by Crippen LogP contribution is 2.35. The van der Waals surface area contributed by atoms with Crippen LogP contribution in [0.25, 0.3) is 0 Å². The summed E-state index contributed by atoms with van der Waals surface area (Å²) in [6.07, 6.45) is 0.972. The molecule has 2 aliphatic heterocycles. The van der Waals surface area contributed by atoms with Gasteiger partial charge in [0.2, 0.25) is 0 Å². The van der Waals surface area contributed by atoms with E-state index < -0.39 is 0 Å². The van der Waals surface area contributed by atoms with Crippen LogP contribution in [0.4, 0.5) is 0 Å². The van der Waals surface area contributed by atoms with Crippen LogP contribution >= 0.6 is 12.2 Å². The van der Waals surface area contributed by atoms with Gasteiger partial charge in [-0.2, -0.15) is 0 Å². The standard InChI is InChI=1S/C9H16N2OS/c1-8(2)6-9(3)11(4-5-12-9)7(13)10-8/h4-6H2,1-3H3,(H,10,13)/t9-/m1/s1. The summed E-state index contributed by atoms with van der Waals surface area (Å²) < 4.78 is 5.75. The molecule has 0 saturated carbocycles. The summed E-state index contributed by atoms with van der Waals surface area (Å²) in [7, 11) is 0. The largest absolute Gasteiger partial charge is 0.357 e. The summed E-state index contributed by atoms with van der Waals surface area (Å²) in [6, 6.07) is 0. The van der Waals surface area contributed by atoms with E-state index in [1.807, 2.05) is 0 Å². The van der Waals surface area contributed by atoms with Crippen LogP contribution in [0.1, 0.15) is 27.2 Å². The van der Waals surface area contributed by atoms with Gasteiger partial charge in [-0.15, -0.1) is 0 Å². The zero-order valence-electron chi connectivity index (χ0n) is 8.39. The number of rotatable bonds is 0. The molecule has 2 saturated heterocycles. The molecule has 74 valence electrons. The molecule has 2 heterocycles. The van der Waals surface area contributed by atoms with E-state index in [1.54, 1.807) is 0 Å². The molecule has 0 unspecified atom stereocenters. The summed E-state index contributed by atoms with van der Waals surface area (Å²) in [5, 5.41) is 4.16. The van der Waals surface area contributed by atoms with E-state index in [0.29, 0.717) is 0 Å². The van der Waals surface area contributed by atoms with Gasteiger partial charge in [0.25, 0.3) is 0 Å². The molecular weight excluding hydrogens is 184 g/mol. The highest BCUT2D eigenvalue weighted by Gasteiger charge is 2.47. The monoisotopic (exact) mass is 200 g/mol. The second kappa shape index (κ2) is 2.58. The van der Waals surface area contributed by atoms with Gasteiger partial charge in [-0.3, -0.25) is 0 Å². The number of thiocarbonyl (C=S) groups is 1. The fraction of sp³-hybridized carbons (Fsp3) is 0.889. The number of fused-ring (bicyclic) bond motifs is 1. The van der Waals surface area contributed by atoms with Gasteiger partial charge >= 0.3 is 0 Å². The third-order valence-electron chi connectivity index (χ3n) is 2.76. The molecular formula is C9H16N2OS. The molecule has 0 aromatic carbocycles. The lowest BCUT2D eigenvalue weighted by Crippen LogP contribution is -2.64. The lowest BCUT2D eigenvalue weighted by Gasteiger charge is -2.47. The van der Waals surface area contributed by atoms with Gasteiger partial charge in [-0.1, -0.05) is 0 Å². The van der Waals surface area contributed by atoms with Gasteiger partial charge in [0.1, 0.15) is 5.72 Å². The minimum Gasteiger partial charge on any atom is -0.357 e. The Bertz CT molecular complexity index is 254. The first kappa shape index (κ1) is 9.21. The molecule has 2 rings (SSSR count). The van der Waals surface area contributed by atoms with Crippen molar-refractivity contribution < 1.29 is 4.74 Å². The second-order valence-electron chi connectivity index (χ2n) is 4.67. The Morgan fingerprint density at radius 3 is 2.85 bits per heavy atom. The summed E-state index contributed by atoms with van der Waals surface area (Å²) in [5.74, 6) is 0. The SMILES string of the molecule is CC1(C)C[C@@]2(C)OCCN2C(=S)N1. The van der Waals surface area contributed by atoms with Crippen molar-refractivity contribution in [3.05, 3.63) is 0 Å². The average Bonchev–Trinajstić information content (AvgIpc) is 2.26. The highest BCUT2D eigenvalue weighted by molar-refractivity contribution is 7.80. The zero-order chi connectivity index (χ0) is 9.69. The van der Waals surface area contributed by atoms with E-state index in [1.165, 1.54) is 0 Å². The first-order valence-electron chi connectivity index (χ1n) is 4.67. The fourth-order valence-electron chi connectivity index (χ4n) is 2.36. The highest BCUT2D eigenvalue weighted by atomic mass is 32.1. The molecule has 1 atom stereocenters. The minimum atomic E-state index is -0.175. The molecule has 0 amide bonds. The van der Waals surface area contributed by atoms with E-state index in [0.717, 1.165) is 24.7 Å². The molecule has 0 aromatic rings. The van der Waals surface area contributed by atoms with Crippen molar-refractivity contribution in [2.75, 3.05) is 13.2 Å². The molecule has 0 aliphatic carbocycles.